The molecule has 0 aromatic heterocycles. The Morgan fingerprint density at radius 3 is 2.16 bits per heavy atom. The second-order valence-electron chi connectivity index (χ2n) is 3.45. The Morgan fingerprint density at radius 1 is 1.16 bits per heavy atom. The van der Waals surface area contributed by atoms with E-state index in [0.29, 0.717) is 0 Å². The topological polar surface area (TPSA) is 84.2 Å². The highest BCUT2D eigenvalue weighted by atomic mass is 19.3. The third-order valence-electron chi connectivity index (χ3n) is 1.96. The third-order valence-corrected chi connectivity index (χ3v) is 1.96. The first kappa shape index (κ1) is 14.7. The van der Waals surface area contributed by atoms with Gasteiger partial charge in [-0.25, -0.2) is 13.6 Å². The van der Waals surface area contributed by atoms with E-state index in [9.17, 15) is 27.2 Å². The molecule has 1 rings (SSSR count). The average molecular weight is 279 g/mol. The van der Waals surface area contributed by atoms with E-state index >= 15 is 0 Å². The summed E-state index contributed by atoms with van der Waals surface area (Å²) in [5.74, 6) is -6.94. The van der Waals surface area contributed by atoms with E-state index in [-0.39, 0.29) is 11.4 Å². The second kappa shape index (κ2) is 5.55. The molecule has 19 heavy (non-hydrogen) atoms. The molecule has 0 aliphatic rings. The maximum atomic E-state index is 12.7. The highest BCUT2D eigenvalue weighted by molar-refractivity contribution is 5.97. The molecule has 9 heteroatoms. The lowest BCUT2D eigenvalue weighted by Gasteiger charge is -2.15. The summed E-state index contributed by atoms with van der Waals surface area (Å²) in [7, 11) is 0. The molecule has 0 aliphatic carbocycles. The molecule has 0 heterocycles. The van der Waals surface area contributed by atoms with E-state index in [1.165, 1.54) is 18.2 Å². The van der Waals surface area contributed by atoms with Crippen LogP contribution in [0.4, 0.5) is 33.7 Å². The molecule has 0 unspecified atom stereocenters. The molecule has 1 aromatic rings. The number of alkyl halides is 4. The average Bonchev–Trinajstić information content (AvgIpc) is 2.28. The zero-order valence-corrected chi connectivity index (χ0v) is 9.29. The van der Waals surface area contributed by atoms with Crippen LogP contribution in [0, 0.1) is 0 Å². The number of carbonyl (C=O) groups excluding carboxylic acids is 2. The minimum Gasteiger partial charge on any atom is -0.351 e. The largest absolute Gasteiger partial charge is 0.383 e. The summed E-state index contributed by atoms with van der Waals surface area (Å²) < 4.78 is 49.2. The SMILES string of the molecule is NC(=O)Nc1cccc(NC(=O)C(F)(F)C(F)F)c1. The van der Waals surface area contributed by atoms with Crippen molar-refractivity contribution in [1.82, 2.24) is 0 Å². The number of hydrogen-bond acceptors (Lipinski definition) is 2. The van der Waals surface area contributed by atoms with E-state index in [1.807, 2.05) is 0 Å². The lowest BCUT2D eigenvalue weighted by atomic mass is 10.2. The molecule has 0 atom stereocenters. The molecule has 0 saturated carbocycles. The molecule has 0 aliphatic heterocycles. The van der Waals surface area contributed by atoms with Crippen LogP contribution >= 0.6 is 0 Å². The highest BCUT2D eigenvalue weighted by Gasteiger charge is 2.48. The van der Waals surface area contributed by atoms with Crippen molar-refractivity contribution in [1.29, 1.82) is 0 Å². The number of rotatable bonds is 4. The maximum absolute atomic E-state index is 12.7. The van der Waals surface area contributed by atoms with Crippen molar-refractivity contribution in [2.45, 2.75) is 12.3 Å². The highest BCUT2D eigenvalue weighted by Crippen LogP contribution is 2.25. The lowest BCUT2D eigenvalue weighted by Crippen LogP contribution is -2.41. The number of benzene rings is 1. The molecular formula is C10H9F4N3O2. The number of halogens is 4. The molecule has 0 bridgehead atoms. The van der Waals surface area contributed by atoms with Crippen molar-refractivity contribution in [3.63, 3.8) is 0 Å². The molecule has 1 aromatic carbocycles. The van der Waals surface area contributed by atoms with Crippen molar-refractivity contribution in [3.05, 3.63) is 24.3 Å². The fraction of sp³-hybridized carbons (Fsp3) is 0.200. The lowest BCUT2D eigenvalue weighted by molar-refractivity contribution is -0.163. The monoisotopic (exact) mass is 279 g/mol. The van der Waals surface area contributed by atoms with E-state index in [0.717, 1.165) is 6.07 Å². The predicted octanol–water partition coefficient (Wildman–Crippen LogP) is 2.02. The van der Waals surface area contributed by atoms with E-state index in [1.54, 1.807) is 5.32 Å². The number of primary amides is 1. The van der Waals surface area contributed by atoms with Crippen molar-refractivity contribution < 1.29 is 27.2 Å². The summed E-state index contributed by atoms with van der Waals surface area (Å²) >= 11 is 0. The predicted molar refractivity (Wildman–Crippen MR) is 59.2 cm³/mol. The summed E-state index contributed by atoms with van der Waals surface area (Å²) in [6, 6.07) is 4.05. The van der Waals surface area contributed by atoms with Gasteiger partial charge >= 0.3 is 24.3 Å². The van der Waals surface area contributed by atoms with Crippen LogP contribution in [0.5, 0.6) is 0 Å². The van der Waals surface area contributed by atoms with E-state index < -0.39 is 24.3 Å². The number of nitrogens with two attached hydrogens (primary N) is 1. The van der Waals surface area contributed by atoms with E-state index in [4.69, 9.17) is 5.73 Å². The van der Waals surface area contributed by atoms with Crippen LogP contribution < -0.4 is 16.4 Å². The number of nitrogens with one attached hydrogen (secondary N) is 2. The van der Waals surface area contributed by atoms with Crippen molar-refractivity contribution >= 4 is 23.3 Å². The maximum Gasteiger partial charge on any atom is 0.383 e. The quantitative estimate of drug-likeness (QED) is 0.737. The fourth-order valence-electron chi connectivity index (χ4n) is 1.13. The van der Waals surface area contributed by atoms with Gasteiger partial charge in [0.25, 0.3) is 0 Å². The van der Waals surface area contributed by atoms with Crippen LogP contribution in [-0.2, 0) is 4.79 Å². The smallest absolute Gasteiger partial charge is 0.351 e. The molecule has 5 nitrogen and oxygen atoms in total. The molecule has 0 spiro atoms. The molecule has 0 saturated heterocycles. The Balaban J connectivity index is 2.83. The van der Waals surface area contributed by atoms with Gasteiger partial charge in [-0.2, -0.15) is 8.78 Å². The standard InChI is InChI=1S/C10H9F4N3O2/c11-7(12)10(13,14)8(18)16-5-2-1-3-6(4-5)17-9(15)19/h1-4,7H,(H,16,18)(H3,15,17,19). The number of amides is 3. The number of anilines is 2. The minimum atomic E-state index is -4.80. The molecule has 0 fully saturated rings. The van der Waals surface area contributed by atoms with Crippen molar-refractivity contribution in [2.75, 3.05) is 10.6 Å². The number of urea groups is 1. The van der Waals surface area contributed by atoms with Crippen molar-refractivity contribution in [2.24, 2.45) is 5.73 Å². The van der Waals surface area contributed by atoms with E-state index in [2.05, 4.69) is 5.32 Å². The van der Waals surface area contributed by atoms with Crippen LogP contribution in [-0.4, -0.2) is 24.3 Å². The summed E-state index contributed by atoms with van der Waals surface area (Å²) in [4.78, 5) is 21.5. The van der Waals surface area contributed by atoms with Gasteiger partial charge in [0.2, 0.25) is 0 Å². The third kappa shape index (κ3) is 3.83. The normalized spacial score (nSPS) is 11.2. The minimum absolute atomic E-state index is 0.116. The Kier molecular flexibility index (Phi) is 4.30. The summed E-state index contributed by atoms with van der Waals surface area (Å²) in [6.45, 7) is 0. The van der Waals surface area contributed by atoms with Crippen LogP contribution in [0.1, 0.15) is 0 Å². The van der Waals surface area contributed by atoms with Crippen LogP contribution in [0.3, 0.4) is 0 Å². The molecule has 3 amide bonds. The van der Waals surface area contributed by atoms with Gasteiger partial charge in [-0.1, -0.05) is 6.07 Å². The molecule has 0 radical (unpaired) electrons. The number of carbonyl (C=O) groups is 2. The van der Waals surface area contributed by atoms with Gasteiger partial charge in [-0.05, 0) is 18.2 Å². The first-order chi connectivity index (χ1) is 8.73. The number of hydrogen-bond donors (Lipinski definition) is 3. The van der Waals surface area contributed by atoms with Gasteiger partial charge in [0.1, 0.15) is 0 Å². The van der Waals surface area contributed by atoms with Crippen LogP contribution in [0.15, 0.2) is 24.3 Å². The molecule has 104 valence electrons. The molecular weight excluding hydrogens is 270 g/mol. The Morgan fingerprint density at radius 2 is 1.68 bits per heavy atom. The Labute approximate surface area is 104 Å². The van der Waals surface area contributed by atoms with Gasteiger partial charge in [0, 0.05) is 11.4 Å². The van der Waals surface area contributed by atoms with Gasteiger partial charge in [0.15, 0.2) is 0 Å². The fourth-order valence-corrected chi connectivity index (χ4v) is 1.13. The summed E-state index contributed by atoms with van der Waals surface area (Å²) in [6.07, 6.45) is -4.11. The first-order valence-electron chi connectivity index (χ1n) is 4.87. The second-order valence-corrected chi connectivity index (χ2v) is 3.45. The van der Waals surface area contributed by atoms with Crippen LogP contribution in [0.25, 0.3) is 0 Å². The van der Waals surface area contributed by atoms with Crippen molar-refractivity contribution in [3.8, 4) is 0 Å². The van der Waals surface area contributed by atoms with Gasteiger partial charge in [-0.3, -0.25) is 4.79 Å². The first-order valence-corrected chi connectivity index (χ1v) is 4.87. The van der Waals surface area contributed by atoms with Gasteiger partial charge < -0.3 is 16.4 Å². The summed E-state index contributed by atoms with van der Waals surface area (Å²) in [5.41, 5.74) is 4.76. The zero-order chi connectivity index (χ0) is 14.6. The Bertz CT molecular complexity index is 493. The zero-order valence-electron chi connectivity index (χ0n) is 9.29. The molecule has 4 N–H and O–H groups in total. The Hall–Kier alpha value is -2.32. The summed E-state index contributed by atoms with van der Waals surface area (Å²) in [5, 5.41) is 3.75. The van der Waals surface area contributed by atoms with Gasteiger partial charge in [0.05, 0.1) is 0 Å². The van der Waals surface area contributed by atoms with Crippen LogP contribution in [0.2, 0.25) is 0 Å². The van der Waals surface area contributed by atoms with Gasteiger partial charge in [-0.15, -0.1) is 0 Å².